The first-order valence-corrected chi connectivity index (χ1v) is 6.36. The number of nitrogens with zero attached hydrogens (tertiary/aromatic N) is 3. The lowest BCUT2D eigenvalue weighted by molar-refractivity contribution is -0.130. The van der Waals surface area contributed by atoms with Crippen LogP contribution in [-0.4, -0.2) is 44.9 Å². The Hall–Kier alpha value is -1.98. The molecule has 1 aliphatic rings. The van der Waals surface area contributed by atoms with Gasteiger partial charge in [-0.25, -0.2) is 14.8 Å². The lowest BCUT2D eigenvalue weighted by Crippen LogP contribution is -2.39. The van der Waals surface area contributed by atoms with Gasteiger partial charge in [0, 0.05) is 25.7 Å². The highest BCUT2D eigenvalue weighted by Gasteiger charge is 2.22. The number of piperidine rings is 1. The van der Waals surface area contributed by atoms with Gasteiger partial charge in [-0.2, -0.15) is 0 Å². The van der Waals surface area contributed by atoms with Crippen molar-refractivity contribution in [2.75, 3.05) is 13.1 Å². The van der Waals surface area contributed by atoms with E-state index in [4.69, 9.17) is 5.11 Å². The molecule has 1 fully saturated rings. The zero-order valence-electron chi connectivity index (χ0n) is 10.9. The fourth-order valence-electron chi connectivity index (χ4n) is 2.44. The maximum Gasteiger partial charge on any atom is 0.354 e. The van der Waals surface area contributed by atoms with E-state index in [1.807, 2.05) is 4.90 Å². The number of rotatable bonds is 3. The third-order valence-electron chi connectivity index (χ3n) is 3.40. The number of amides is 1. The third-order valence-corrected chi connectivity index (χ3v) is 3.40. The smallest absolute Gasteiger partial charge is 0.354 e. The maximum absolute atomic E-state index is 11.4. The number of aromatic nitrogens is 2. The van der Waals surface area contributed by atoms with E-state index in [1.165, 1.54) is 12.4 Å². The van der Waals surface area contributed by atoms with E-state index >= 15 is 0 Å². The molecule has 1 saturated heterocycles. The first kappa shape index (κ1) is 13.5. The van der Waals surface area contributed by atoms with E-state index in [0.29, 0.717) is 12.3 Å². The zero-order valence-corrected chi connectivity index (χ0v) is 10.9. The van der Waals surface area contributed by atoms with Crippen LogP contribution in [0.3, 0.4) is 0 Å². The largest absolute Gasteiger partial charge is 0.477 e. The van der Waals surface area contributed by atoms with Crippen LogP contribution < -0.4 is 0 Å². The van der Waals surface area contributed by atoms with Crippen molar-refractivity contribution in [3.05, 3.63) is 23.8 Å². The van der Waals surface area contributed by atoms with Crippen LogP contribution in [0.4, 0.5) is 0 Å². The molecule has 0 aromatic carbocycles. The highest BCUT2D eigenvalue weighted by Crippen LogP contribution is 2.20. The molecule has 0 saturated carbocycles. The molecule has 6 nitrogen and oxygen atoms in total. The summed E-state index contributed by atoms with van der Waals surface area (Å²) in [6, 6.07) is 1.51. The van der Waals surface area contributed by atoms with Gasteiger partial charge in [0.05, 0.1) is 0 Å². The van der Waals surface area contributed by atoms with Crippen molar-refractivity contribution in [2.24, 2.45) is 5.92 Å². The van der Waals surface area contributed by atoms with Crippen LogP contribution in [-0.2, 0) is 11.2 Å². The molecule has 0 radical (unpaired) electrons. The highest BCUT2D eigenvalue weighted by atomic mass is 16.4. The Morgan fingerprint density at radius 3 is 2.95 bits per heavy atom. The summed E-state index contributed by atoms with van der Waals surface area (Å²) >= 11 is 0. The number of carboxylic acids is 1. The first-order valence-electron chi connectivity index (χ1n) is 6.36. The Morgan fingerprint density at radius 2 is 2.26 bits per heavy atom. The van der Waals surface area contributed by atoms with Gasteiger partial charge < -0.3 is 10.0 Å². The van der Waals surface area contributed by atoms with Gasteiger partial charge in [-0.05, 0) is 31.2 Å². The molecule has 102 valence electrons. The van der Waals surface area contributed by atoms with E-state index in [0.717, 1.165) is 31.6 Å². The predicted molar refractivity (Wildman–Crippen MR) is 67.7 cm³/mol. The molecule has 1 N–H and O–H groups in total. The monoisotopic (exact) mass is 263 g/mol. The van der Waals surface area contributed by atoms with Crippen molar-refractivity contribution in [3.8, 4) is 0 Å². The lowest BCUT2D eigenvalue weighted by Gasteiger charge is -2.31. The van der Waals surface area contributed by atoms with Gasteiger partial charge in [0.2, 0.25) is 5.91 Å². The number of carbonyl (C=O) groups is 2. The summed E-state index contributed by atoms with van der Waals surface area (Å²) in [7, 11) is 0. The molecule has 2 heterocycles. The van der Waals surface area contributed by atoms with Gasteiger partial charge in [0.1, 0.15) is 6.33 Å². The molecule has 2 rings (SSSR count). The van der Waals surface area contributed by atoms with E-state index in [1.54, 1.807) is 6.92 Å². The molecule has 1 aromatic rings. The zero-order chi connectivity index (χ0) is 13.8. The van der Waals surface area contributed by atoms with Gasteiger partial charge in [-0.15, -0.1) is 0 Å². The van der Waals surface area contributed by atoms with Crippen LogP contribution in [0.2, 0.25) is 0 Å². The molecule has 1 amide bonds. The minimum absolute atomic E-state index is 0.0178. The molecule has 0 spiro atoms. The number of hydrogen-bond acceptors (Lipinski definition) is 4. The Labute approximate surface area is 111 Å². The maximum atomic E-state index is 11.4. The Balaban J connectivity index is 2.02. The summed E-state index contributed by atoms with van der Waals surface area (Å²) < 4.78 is 0. The van der Waals surface area contributed by atoms with E-state index in [9.17, 15) is 9.59 Å². The SMILES string of the molecule is CC(=O)N1CCC[C@H](Cc2cc(C(=O)O)ncn2)C1. The van der Waals surface area contributed by atoms with Crippen LogP contribution in [0.15, 0.2) is 12.4 Å². The second-order valence-electron chi connectivity index (χ2n) is 4.88. The fourth-order valence-corrected chi connectivity index (χ4v) is 2.44. The predicted octanol–water partition coefficient (Wildman–Crippen LogP) is 0.976. The topological polar surface area (TPSA) is 83.4 Å². The molecular formula is C13H17N3O3. The standard InChI is InChI=1S/C13H17N3O3/c1-9(17)16-4-2-3-10(7-16)5-11-6-12(13(18)19)15-8-14-11/h6,8,10H,2-5,7H2,1H3,(H,18,19)/t10-/m1/s1. The van der Waals surface area contributed by atoms with Crippen LogP contribution in [0.1, 0.15) is 35.9 Å². The number of carbonyl (C=O) groups excluding carboxylic acids is 1. The summed E-state index contributed by atoms with van der Waals surface area (Å²) in [6.07, 6.45) is 3.99. The molecule has 1 atom stereocenters. The minimum atomic E-state index is -1.04. The van der Waals surface area contributed by atoms with Gasteiger partial charge in [0.25, 0.3) is 0 Å². The average Bonchev–Trinajstić information content (AvgIpc) is 2.39. The summed E-state index contributed by atoms with van der Waals surface area (Å²) in [5.41, 5.74) is 0.743. The van der Waals surface area contributed by atoms with E-state index < -0.39 is 5.97 Å². The molecule has 1 aliphatic heterocycles. The quantitative estimate of drug-likeness (QED) is 0.878. The Bertz CT molecular complexity index is 490. The molecule has 6 heteroatoms. The molecule has 0 bridgehead atoms. The number of hydrogen-bond donors (Lipinski definition) is 1. The number of aromatic carboxylic acids is 1. The van der Waals surface area contributed by atoms with Crippen molar-refractivity contribution in [3.63, 3.8) is 0 Å². The van der Waals surface area contributed by atoms with Crippen LogP contribution in [0.25, 0.3) is 0 Å². The van der Waals surface area contributed by atoms with Crippen molar-refractivity contribution in [1.82, 2.24) is 14.9 Å². The first-order chi connectivity index (χ1) is 9.06. The minimum Gasteiger partial charge on any atom is -0.477 e. The fraction of sp³-hybridized carbons (Fsp3) is 0.538. The number of likely N-dealkylation sites (tertiary alicyclic amines) is 1. The van der Waals surface area contributed by atoms with Crippen LogP contribution in [0, 0.1) is 5.92 Å². The summed E-state index contributed by atoms with van der Waals surface area (Å²) in [6.45, 7) is 3.12. The normalized spacial score (nSPS) is 19.2. The van der Waals surface area contributed by atoms with Crippen LogP contribution in [0.5, 0.6) is 0 Å². The summed E-state index contributed by atoms with van der Waals surface area (Å²) in [5.74, 6) is -0.606. The number of carboxylic acid groups (broad SMARTS) is 1. The third kappa shape index (κ3) is 3.49. The van der Waals surface area contributed by atoms with Gasteiger partial charge in [-0.3, -0.25) is 4.79 Å². The summed E-state index contributed by atoms with van der Waals surface area (Å²) in [5, 5.41) is 8.89. The molecule has 0 aliphatic carbocycles. The van der Waals surface area contributed by atoms with Crippen molar-refractivity contribution >= 4 is 11.9 Å². The lowest BCUT2D eigenvalue weighted by atomic mass is 9.93. The Morgan fingerprint density at radius 1 is 1.47 bits per heavy atom. The molecule has 19 heavy (non-hydrogen) atoms. The van der Waals surface area contributed by atoms with Gasteiger partial charge in [0.15, 0.2) is 5.69 Å². The van der Waals surface area contributed by atoms with Crippen molar-refractivity contribution in [1.29, 1.82) is 0 Å². The molecule has 1 aromatic heterocycles. The van der Waals surface area contributed by atoms with Crippen LogP contribution >= 0.6 is 0 Å². The average molecular weight is 263 g/mol. The van der Waals surface area contributed by atoms with Crippen molar-refractivity contribution in [2.45, 2.75) is 26.2 Å². The summed E-state index contributed by atoms with van der Waals surface area (Å²) in [4.78, 5) is 31.9. The van der Waals surface area contributed by atoms with Crippen molar-refractivity contribution < 1.29 is 14.7 Å². The molecule has 0 unspecified atom stereocenters. The molecular weight excluding hydrogens is 246 g/mol. The van der Waals surface area contributed by atoms with E-state index in [2.05, 4.69) is 9.97 Å². The second kappa shape index (κ2) is 5.77. The highest BCUT2D eigenvalue weighted by molar-refractivity contribution is 5.85. The van der Waals surface area contributed by atoms with Gasteiger partial charge >= 0.3 is 5.97 Å². The Kier molecular flexibility index (Phi) is 4.09. The second-order valence-corrected chi connectivity index (χ2v) is 4.88. The van der Waals surface area contributed by atoms with Gasteiger partial charge in [-0.1, -0.05) is 0 Å². The van der Waals surface area contributed by atoms with E-state index in [-0.39, 0.29) is 11.6 Å².